The lowest BCUT2D eigenvalue weighted by atomic mass is 9.79. The van der Waals surface area contributed by atoms with Gasteiger partial charge in [-0.3, -0.25) is 19.4 Å². The van der Waals surface area contributed by atoms with Crippen LogP contribution in [0.2, 0.25) is 0 Å². The highest BCUT2D eigenvalue weighted by Gasteiger charge is 2.34. The molecule has 0 bridgehead atoms. The van der Waals surface area contributed by atoms with Gasteiger partial charge in [0.05, 0.1) is 11.6 Å². The molecule has 5 nitrogen and oxygen atoms in total. The van der Waals surface area contributed by atoms with E-state index in [9.17, 15) is 23.2 Å². The second-order valence-corrected chi connectivity index (χ2v) is 5.99. The molecule has 0 fully saturated rings. The number of carbonyl (C=O) groups excluding carboxylic acids is 3. The molecule has 1 atom stereocenters. The highest BCUT2D eigenvalue weighted by molar-refractivity contribution is 6.16. The highest BCUT2D eigenvalue weighted by atomic mass is 19.3. The van der Waals surface area contributed by atoms with Gasteiger partial charge < -0.3 is 0 Å². The standard InChI is InChI=1S/C19H12F2N2O3/c20-19(21)13-4-10(8-22)3-11(5-13)16(24)6-12-7-17(25)15-9-23-2-1-14(15)18(12)26/h1-5,9,12,19H,6-7H2. The van der Waals surface area contributed by atoms with E-state index in [1.165, 1.54) is 24.5 Å². The zero-order valence-electron chi connectivity index (χ0n) is 13.4. The molecule has 1 aromatic carbocycles. The van der Waals surface area contributed by atoms with Crippen molar-refractivity contribution in [1.29, 1.82) is 5.26 Å². The number of pyridine rings is 1. The summed E-state index contributed by atoms with van der Waals surface area (Å²) < 4.78 is 25.9. The second-order valence-electron chi connectivity index (χ2n) is 5.99. The average Bonchev–Trinajstić information content (AvgIpc) is 2.65. The zero-order valence-corrected chi connectivity index (χ0v) is 13.4. The molecule has 1 heterocycles. The molecule has 0 N–H and O–H groups in total. The van der Waals surface area contributed by atoms with Crippen molar-refractivity contribution in [3.63, 3.8) is 0 Å². The molecular weight excluding hydrogens is 342 g/mol. The first-order valence-corrected chi connectivity index (χ1v) is 7.78. The SMILES string of the molecule is N#Cc1cc(C(=O)CC2CC(=O)c3cnccc3C2=O)cc(C(F)F)c1. The molecule has 2 aromatic rings. The van der Waals surface area contributed by atoms with E-state index in [2.05, 4.69) is 4.98 Å². The Bertz CT molecular complexity index is 963. The maximum atomic E-state index is 12.9. The molecule has 7 heteroatoms. The van der Waals surface area contributed by atoms with Crippen molar-refractivity contribution in [2.45, 2.75) is 19.3 Å². The third-order valence-electron chi connectivity index (χ3n) is 4.28. The summed E-state index contributed by atoms with van der Waals surface area (Å²) in [4.78, 5) is 41.0. The summed E-state index contributed by atoms with van der Waals surface area (Å²) in [5.74, 6) is -2.05. The minimum absolute atomic E-state index is 0.0615. The summed E-state index contributed by atoms with van der Waals surface area (Å²) in [7, 11) is 0. The number of benzene rings is 1. The Morgan fingerprint density at radius 2 is 2.04 bits per heavy atom. The van der Waals surface area contributed by atoms with Crippen LogP contribution < -0.4 is 0 Å². The number of fused-ring (bicyclic) bond motifs is 1. The first kappa shape index (κ1) is 17.5. The quantitative estimate of drug-likeness (QED) is 0.784. The van der Waals surface area contributed by atoms with Gasteiger partial charge in [-0.2, -0.15) is 5.26 Å². The van der Waals surface area contributed by atoms with Crippen LogP contribution in [0.4, 0.5) is 8.78 Å². The number of nitrogens with zero attached hydrogens (tertiary/aromatic N) is 2. The summed E-state index contributed by atoms with van der Waals surface area (Å²) in [5, 5.41) is 8.95. The van der Waals surface area contributed by atoms with Crippen LogP contribution >= 0.6 is 0 Å². The lowest BCUT2D eigenvalue weighted by Gasteiger charge is -2.21. The van der Waals surface area contributed by atoms with Gasteiger partial charge in [-0.15, -0.1) is 0 Å². The summed E-state index contributed by atoms with van der Waals surface area (Å²) in [5.41, 5.74) is -0.121. The molecule has 1 aliphatic carbocycles. The van der Waals surface area contributed by atoms with Crippen LogP contribution in [0.3, 0.4) is 0 Å². The number of halogens is 2. The van der Waals surface area contributed by atoms with E-state index in [0.29, 0.717) is 0 Å². The second kappa shape index (κ2) is 6.92. The van der Waals surface area contributed by atoms with Gasteiger partial charge in [-0.05, 0) is 24.3 Å². The number of carbonyl (C=O) groups is 3. The molecule has 26 heavy (non-hydrogen) atoms. The summed E-state index contributed by atoms with van der Waals surface area (Å²) in [6, 6.07) is 6.40. The Morgan fingerprint density at radius 1 is 1.27 bits per heavy atom. The number of Topliss-reactive ketones (excluding diaryl/α,β-unsaturated/α-hetero) is 3. The Balaban J connectivity index is 1.87. The largest absolute Gasteiger partial charge is 0.294 e. The normalized spacial score (nSPS) is 16.3. The fraction of sp³-hybridized carbons (Fsp3) is 0.211. The predicted octanol–water partition coefficient (Wildman–Crippen LogP) is 3.55. The lowest BCUT2D eigenvalue weighted by Crippen LogP contribution is -2.29. The summed E-state index contributed by atoms with van der Waals surface area (Å²) in [6.45, 7) is 0. The minimum atomic E-state index is -2.83. The molecule has 1 aromatic heterocycles. The van der Waals surface area contributed by atoms with Crippen molar-refractivity contribution < 1.29 is 23.2 Å². The summed E-state index contributed by atoms with van der Waals surface area (Å²) >= 11 is 0. The van der Waals surface area contributed by atoms with Crippen LogP contribution in [0, 0.1) is 17.2 Å². The van der Waals surface area contributed by atoms with Gasteiger partial charge in [0, 0.05) is 53.4 Å². The monoisotopic (exact) mass is 354 g/mol. The predicted molar refractivity (Wildman–Crippen MR) is 86.1 cm³/mol. The maximum absolute atomic E-state index is 12.9. The van der Waals surface area contributed by atoms with Crippen LogP contribution in [0.1, 0.15) is 61.5 Å². The maximum Gasteiger partial charge on any atom is 0.263 e. The molecule has 0 saturated heterocycles. The van der Waals surface area contributed by atoms with Gasteiger partial charge in [0.15, 0.2) is 17.3 Å². The van der Waals surface area contributed by atoms with Gasteiger partial charge >= 0.3 is 0 Å². The molecule has 0 radical (unpaired) electrons. The first-order chi connectivity index (χ1) is 12.4. The summed E-state index contributed by atoms with van der Waals surface area (Å²) in [6.07, 6.45) is -0.544. The Kier molecular flexibility index (Phi) is 4.67. The minimum Gasteiger partial charge on any atom is -0.294 e. The van der Waals surface area contributed by atoms with Gasteiger partial charge in [0.2, 0.25) is 0 Å². The van der Waals surface area contributed by atoms with Gasteiger partial charge in [0.25, 0.3) is 6.43 Å². The number of aromatic nitrogens is 1. The van der Waals surface area contributed by atoms with Crippen LogP contribution in [-0.2, 0) is 0 Å². The van der Waals surface area contributed by atoms with E-state index >= 15 is 0 Å². The van der Waals surface area contributed by atoms with Crippen molar-refractivity contribution >= 4 is 17.3 Å². The third kappa shape index (κ3) is 3.26. The fourth-order valence-corrected chi connectivity index (χ4v) is 2.99. The van der Waals surface area contributed by atoms with E-state index in [1.807, 2.05) is 0 Å². The molecule has 1 unspecified atom stereocenters. The van der Waals surface area contributed by atoms with E-state index < -0.39 is 23.7 Å². The van der Waals surface area contributed by atoms with Gasteiger partial charge in [-0.1, -0.05) is 0 Å². The van der Waals surface area contributed by atoms with Gasteiger partial charge in [0.1, 0.15) is 0 Å². The van der Waals surface area contributed by atoms with Crippen LogP contribution in [0.25, 0.3) is 0 Å². The van der Waals surface area contributed by atoms with E-state index in [1.54, 1.807) is 6.07 Å². The number of hydrogen-bond acceptors (Lipinski definition) is 5. The fourth-order valence-electron chi connectivity index (χ4n) is 2.99. The zero-order chi connectivity index (χ0) is 18.8. The smallest absolute Gasteiger partial charge is 0.263 e. The Morgan fingerprint density at radius 3 is 2.73 bits per heavy atom. The number of hydrogen-bond donors (Lipinski definition) is 0. The van der Waals surface area contributed by atoms with Crippen LogP contribution in [0.15, 0.2) is 36.7 Å². The first-order valence-electron chi connectivity index (χ1n) is 7.78. The number of nitriles is 1. The number of rotatable bonds is 4. The van der Waals surface area contributed by atoms with Gasteiger partial charge in [-0.25, -0.2) is 8.78 Å². The highest BCUT2D eigenvalue weighted by Crippen LogP contribution is 2.29. The molecule has 0 spiro atoms. The van der Waals surface area contributed by atoms with E-state index in [4.69, 9.17) is 5.26 Å². The molecule has 0 amide bonds. The molecule has 130 valence electrons. The van der Waals surface area contributed by atoms with Crippen molar-refractivity contribution in [2.75, 3.05) is 0 Å². The van der Waals surface area contributed by atoms with Crippen LogP contribution in [0.5, 0.6) is 0 Å². The van der Waals surface area contributed by atoms with Crippen molar-refractivity contribution in [1.82, 2.24) is 4.98 Å². The molecule has 0 aliphatic heterocycles. The number of alkyl halides is 2. The molecule has 1 aliphatic rings. The molecular formula is C19H12F2N2O3. The van der Waals surface area contributed by atoms with Crippen LogP contribution in [-0.4, -0.2) is 22.3 Å². The molecule has 0 saturated carbocycles. The van der Waals surface area contributed by atoms with Crippen molar-refractivity contribution in [2.24, 2.45) is 5.92 Å². The average molecular weight is 354 g/mol. The van der Waals surface area contributed by atoms with E-state index in [0.717, 1.165) is 12.1 Å². The Labute approximate surface area is 147 Å². The third-order valence-corrected chi connectivity index (χ3v) is 4.28. The van der Waals surface area contributed by atoms with Crippen molar-refractivity contribution in [3.8, 4) is 6.07 Å². The lowest BCUT2D eigenvalue weighted by molar-refractivity contribution is 0.0784. The number of ketones is 3. The van der Waals surface area contributed by atoms with E-state index in [-0.39, 0.29) is 46.7 Å². The topological polar surface area (TPSA) is 87.9 Å². The Hall–Kier alpha value is -3.27. The molecule has 3 rings (SSSR count). The van der Waals surface area contributed by atoms with Crippen molar-refractivity contribution in [3.05, 3.63) is 64.5 Å².